The predicted molar refractivity (Wildman–Crippen MR) is 133 cm³/mol. The van der Waals surface area contributed by atoms with E-state index in [0.717, 1.165) is 5.56 Å². The number of nitrogens with zero attached hydrogens (tertiary/aromatic N) is 3. The standard InChI is InChI=1S/C23H21BrClN3O5S/c1-31-17-4-3-5-18(32-2)22(17)28-21(26-27-23(28)19-10-11-20(24)33-19)14-34(29,30)13-12-15-6-8-16(25)9-7-15/h3-11H,12-14H2,1-2H3. The van der Waals surface area contributed by atoms with Gasteiger partial charge in [-0.25, -0.2) is 8.42 Å². The molecule has 0 bridgehead atoms. The number of halogens is 2. The van der Waals surface area contributed by atoms with E-state index in [1.54, 1.807) is 47.0 Å². The molecule has 8 nitrogen and oxygen atoms in total. The first-order chi connectivity index (χ1) is 16.3. The van der Waals surface area contributed by atoms with Crippen molar-refractivity contribution in [2.24, 2.45) is 0 Å². The van der Waals surface area contributed by atoms with Crippen LogP contribution in [0.4, 0.5) is 0 Å². The summed E-state index contributed by atoms with van der Waals surface area (Å²) < 4.78 is 45.1. The monoisotopic (exact) mass is 565 g/mol. The molecule has 0 aliphatic rings. The van der Waals surface area contributed by atoms with E-state index < -0.39 is 9.84 Å². The van der Waals surface area contributed by atoms with Crippen LogP contribution in [0.3, 0.4) is 0 Å². The summed E-state index contributed by atoms with van der Waals surface area (Å²) in [5, 5.41) is 9.06. The molecule has 178 valence electrons. The lowest BCUT2D eigenvalue weighted by Crippen LogP contribution is -2.16. The fraction of sp³-hybridized carbons (Fsp3) is 0.217. The number of para-hydroxylation sites is 1. The zero-order valence-corrected chi connectivity index (χ0v) is 21.5. The van der Waals surface area contributed by atoms with Crippen molar-refractivity contribution < 1.29 is 22.3 Å². The molecule has 34 heavy (non-hydrogen) atoms. The van der Waals surface area contributed by atoms with Crippen molar-refractivity contribution in [1.29, 1.82) is 0 Å². The molecule has 4 rings (SSSR count). The highest BCUT2D eigenvalue weighted by Crippen LogP contribution is 2.37. The lowest BCUT2D eigenvalue weighted by atomic mass is 10.2. The Bertz CT molecular complexity index is 1380. The summed E-state index contributed by atoms with van der Waals surface area (Å²) in [6.07, 6.45) is 0.351. The van der Waals surface area contributed by atoms with E-state index >= 15 is 0 Å². The van der Waals surface area contributed by atoms with Crippen LogP contribution >= 0.6 is 27.5 Å². The van der Waals surface area contributed by atoms with Gasteiger partial charge in [-0.3, -0.25) is 4.57 Å². The molecule has 0 saturated carbocycles. The summed E-state index contributed by atoms with van der Waals surface area (Å²) in [4.78, 5) is 0. The van der Waals surface area contributed by atoms with Crippen molar-refractivity contribution in [3.63, 3.8) is 0 Å². The van der Waals surface area contributed by atoms with E-state index in [9.17, 15) is 8.42 Å². The van der Waals surface area contributed by atoms with E-state index in [4.69, 9.17) is 25.5 Å². The Morgan fingerprint density at radius 3 is 2.26 bits per heavy atom. The molecule has 2 heterocycles. The minimum absolute atomic E-state index is 0.0633. The average molecular weight is 567 g/mol. The van der Waals surface area contributed by atoms with Crippen LogP contribution in [-0.4, -0.2) is 43.2 Å². The van der Waals surface area contributed by atoms with Crippen molar-refractivity contribution in [3.8, 4) is 28.8 Å². The molecule has 0 aliphatic heterocycles. The first kappa shape index (κ1) is 24.3. The Hall–Kier alpha value is -2.82. The van der Waals surface area contributed by atoms with E-state index in [2.05, 4.69) is 26.1 Å². The molecule has 4 aromatic rings. The van der Waals surface area contributed by atoms with Crippen LogP contribution < -0.4 is 9.47 Å². The summed E-state index contributed by atoms with van der Waals surface area (Å²) in [6.45, 7) is 0. The average Bonchev–Trinajstić information content (AvgIpc) is 3.43. The van der Waals surface area contributed by atoms with Crippen LogP contribution in [0.1, 0.15) is 11.4 Å². The van der Waals surface area contributed by atoms with Gasteiger partial charge in [0.05, 0.1) is 20.0 Å². The number of aryl methyl sites for hydroxylation is 1. The molecular weight excluding hydrogens is 546 g/mol. The summed E-state index contributed by atoms with van der Waals surface area (Å²) in [7, 11) is -0.510. The highest BCUT2D eigenvalue weighted by Gasteiger charge is 2.26. The highest BCUT2D eigenvalue weighted by atomic mass is 79.9. The van der Waals surface area contributed by atoms with Crippen LogP contribution in [0, 0.1) is 0 Å². The SMILES string of the molecule is COc1cccc(OC)c1-n1c(CS(=O)(=O)CCc2ccc(Cl)cc2)nnc1-c1ccc(Br)o1. The Labute approximate surface area is 210 Å². The fourth-order valence-corrected chi connectivity index (χ4v) is 5.19. The zero-order chi connectivity index (χ0) is 24.3. The zero-order valence-electron chi connectivity index (χ0n) is 18.4. The van der Waals surface area contributed by atoms with E-state index in [0.29, 0.717) is 44.9 Å². The molecule has 2 aromatic heterocycles. The summed E-state index contributed by atoms with van der Waals surface area (Å²) in [5.74, 6) is 1.45. The number of sulfone groups is 1. The van der Waals surface area contributed by atoms with Crippen LogP contribution in [0.15, 0.2) is 63.7 Å². The molecule has 0 radical (unpaired) electrons. The third-order valence-electron chi connectivity index (χ3n) is 5.11. The second kappa shape index (κ2) is 10.2. The van der Waals surface area contributed by atoms with Gasteiger partial charge in [0.1, 0.15) is 22.9 Å². The normalized spacial score (nSPS) is 11.5. The van der Waals surface area contributed by atoms with E-state index in [-0.39, 0.29) is 17.3 Å². The minimum Gasteiger partial charge on any atom is -0.494 e. The number of methoxy groups -OCH3 is 2. The Kier molecular flexibility index (Phi) is 7.30. The van der Waals surface area contributed by atoms with Crippen molar-refractivity contribution in [2.45, 2.75) is 12.2 Å². The molecule has 0 unspecified atom stereocenters. The smallest absolute Gasteiger partial charge is 0.204 e. The molecule has 11 heteroatoms. The van der Waals surface area contributed by atoms with E-state index in [1.807, 2.05) is 12.1 Å². The van der Waals surface area contributed by atoms with Crippen LogP contribution in [-0.2, 0) is 22.0 Å². The van der Waals surface area contributed by atoms with Gasteiger partial charge in [0.25, 0.3) is 0 Å². The number of hydrogen-bond donors (Lipinski definition) is 0. The summed E-state index contributed by atoms with van der Waals surface area (Å²) >= 11 is 9.21. The minimum atomic E-state index is -3.55. The maximum Gasteiger partial charge on any atom is 0.204 e. The van der Waals surface area contributed by atoms with Crippen LogP contribution in [0.5, 0.6) is 11.5 Å². The van der Waals surface area contributed by atoms with Gasteiger partial charge in [0.15, 0.2) is 26.1 Å². The second-order valence-electron chi connectivity index (χ2n) is 7.36. The number of ether oxygens (including phenoxy) is 2. The number of benzene rings is 2. The number of rotatable bonds is 9. The maximum absolute atomic E-state index is 13.1. The van der Waals surface area contributed by atoms with Crippen molar-refractivity contribution in [1.82, 2.24) is 14.8 Å². The van der Waals surface area contributed by atoms with Gasteiger partial charge in [-0.1, -0.05) is 29.8 Å². The van der Waals surface area contributed by atoms with Crippen molar-refractivity contribution in [2.75, 3.05) is 20.0 Å². The van der Waals surface area contributed by atoms with Gasteiger partial charge in [-0.15, -0.1) is 10.2 Å². The third kappa shape index (κ3) is 5.29. The molecule has 2 aromatic carbocycles. The molecule has 0 amide bonds. The van der Waals surface area contributed by atoms with Gasteiger partial charge in [0.2, 0.25) is 5.82 Å². The molecular formula is C23H21BrClN3O5S. The Morgan fingerprint density at radius 2 is 1.68 bits per heavy atom. The second-order valence-corrected chi connectivity index (χ2v) is 10.8. The Balaban J connectivity index is 1.75. The maximum atomic E-state index is 13.1. The van der Waals surface area contributed by atoms with E-state index in [1.165, 1.54) is 14.2 Å². The van der Waals surface area contributed by atoms with Gasteiger partial charge < -0.3 is 13.9 Å². The quantitative estimate of drug-likeness (QED) is 0.277. The summed E-state index contributed by atoms with van der Waals surface area (Å²) in [6, 6.07) is 15.8. The number of furan rings is 1. The third-order valence-corrected chi connectivity index (χ3v) is 7.32. The molecule has 0 aliphatic carbocycles. The number of aromatic nitrogens is 3. The highest BCUT2D eigenvalue weighted by molar-refractivity contribution is 9.10. The topological polar surface area (TPSA) is 96.5 Å². The van der Waals surface area contributed by atoms with Gasteiger partial charge in [-0.05, 0) is 64.3 Å². The molecule has 0 spiro atoms. The van der Waals surface area contributed by atoms with Gasteiger partial charge in [-0.2, -0.15) is 0 Å². The van der Waals surface area contributed by atoms with Gasteiger partial charge >= 0.3 is 0 Å². The summed E-state index contributed by atoms with van der Waals surface area (Å²) in [5.41, 5.74) is 1.35. The molecule has 0 atom stereocenters. The van der Waals surface area contributed by atoms with Crippen molar-refractivity contribution >= 4 is 37.4 Å². The predicted octanol–water partition coefficient (Wildman–Crippen LogP) is 5.12. The number of hydrogen-bond acceptors (Lipinski definition) is 7. The van der Waals surface area contributed by atoms with Gasteiger partial charge in [0, 0.05) is 5.02 Å². The largest absolute Gasteiger partial charge is 0.494 e. The van der Waals surface area contributed by atoms with Crippen molar-refractivity contribution in [3.05, 3.63) is 75.7 Å². The molecule has 0 N–H and O–H groups in total. The first-order valence-corrected chi connectivity index (χ1v) is 13.2. The molecule has 0 saturated heterocycles. The van der Waals surface area contributed by atoms with Crippen LogP contribution in [0.2, 0.25) is 5.02 Å². The fourth-order valence-electron chi connectivity index (χ4n) is 3.48. The lowest BCUT2D eigenvalue weighted by molar-refractivity contribution is 0.390. The first-order valence-electron chi connectivity index (χ1n) is 10.2. The lowest BCUT2D eigenvalue weighted by Gasteiger charge is -2.16. The van der Waals surface area contributed by atoms with Crippen LogP contribution in [0.25, 0.3) is 17.3 Å². The molecule has 0 fully saturated rings. The Morgan fingerprint density at radius 1 is 1.00 bits per heavy atom.